The SMILES string of the molecule is CC/C=C\C/C=C\C/C=C\C/C=C\C/C=C\C/C=C\CCCCCCC(=O)OCC(COC(=O)CCCCCCCCC)OC(=O)CCCCCCCCC. The molecule has 55 heavy (non-hydrogen) atoms. The van der Waals surface area contributed by atoms with Gasteiger partial charge in [0, 0.05) is 19.3 Å². The molecule has 0 aliphatic heterocycles. The summed E-state index contributed by atoms with van der Waals surface area (Å²) in [6.07, 6.45) is 53.4. The standard InChI is InChI=1S/C49H82O6/c1-4-7-10-13-16-17-18-19-20-21-22-23-24-25-26-27-28-29-30-31-34-36-39-42-48(51)54-45-46(55-49(52)43-40-37-33-15-12-9-6-3)44-53-47(50)41-38-35-32-14-11-8-5-2/h7,10,16-17,19-20,22-23,25-26,28-29,46H,4-6,8-9,11-15,18,21,24,27,30-45H2,1-3H3/b10-7-,17-16-,20-19-,23-22-,26-25-,29-28-. The topological polar surface area (TPSA) is 78.9 Å². The number of hydrogen-bond acceptors (Lipinski definition) is 6. The van der Waals surface area contributed by atoms with E-state index in [4.69, 9.17) is 14.2 Å². The molecule has 0 aliphatic rings. The van der Waals surface area contributed by atoms with Gasteiger partial charge in [-0.05, 0) is 70.6 Å². The number of carbonyl (C=O) groups is 3. The van der Waals surface area contributed by atoms with Crippen LogP contribution in [-0.4, -0.2) is 37.2 Å². The lowest BCUT2D eigenvalue weighted by Gasteiger charge is -2.18. The number of unbranched alkanes of at least 4 members (excludes halogenated alkanes) is 16. The van der Waals surface area contributed by atoms with Crippen LogP contribution in [0.3, 0.4) is 0 Å². The van der Waals surface area contributed by atoms with Crippen molar-refractivity contribution in [2.75, 3.05) is 13.2 Å². The summed E-state index contributed by atoms with van der Waals surface area (Å²) in [5, 5.41) is 0. The molecule has 0 aromatic rings. The molecule has 0 aliphatic carbocycles. The fourth-order valence-corrected chi connectivity index (χ4v) is 5.85. The highest BCUT2D eigenvalue weighted by molar-refractivity contribution is 5.71. The van der Waals surface area contributed by atoms with Gasteiger partial charge in [0.1, 0.15) is 13.2 Å². The van der Waals surface area contributed by atoms with Gasteiger partial charge < -0.3 is 14.2 Å². The largest absolute Gasteiger partial charge is 0.462 e. The summed E-state index contributed by atoms with van der Waals surface area (Å²) >= 11 is 0. The zero-order chi connectivity index (χ0) is 40.1. The lowest BCUT2D eigenvalue weighted by molar-refractivity contribution is -0.167. The number of carbonyl (C=O) groups excluding carboxylic acids is 3. The highest BCUT2D eigenvalue weighted by Gasteiger charge is 2.19. The summed E-state index contributed by atoms with van der Waals surface area (Å²) in [5.74, 6) is -0.929. The molecule has 0 heterocycles. The number of allylic oxidation sites excluding steroid dienone is 12. The minimum absolute atomic E-state index is 0.0834. The van der Waals surface area contributed by atoms with E-state index in [2.05, 4.69) is 93.7 Å². The summed E-state index contributed by atoms with van der Waals surface area (Å²) < 4.78 is 16.5. The number of rotatable bonds is 39. The average Bonchev–Trinajstić information content (AvgIpc) is 3.18. The quantitative estimate of drug-likeness (QED) is 0.0268. The second-order valence-corrected chi connectivity index (χ2v) is 14.6. The van der Waals surface area contributed by atoms with Crippen molar-refractivity contribution in [3.05, 3.63) is 72.9 Å². The second-order valence-electron chi connectivity index (χ2n) is 14.6. The van der Waals surface area contributed by atoms with Crippen molar-refractivity contribution in [1.29, 1.82) is 0 Å². The predicted octanol–water partition coefficient (Wildman–Crippen LogP) is 14.3. The molecule has 0 aromatic heterocycles. The molecule has 0 saturated carbocycles. The van der Waals surface area contributed by atoms with Gasteiger partial charge in [-0.2, -0.15) is 0 Å². The first-order valence-electron chi connectivity index (χ1n) is 22.4. The van der Waals surface area contributed by atoms with Crippen LogP contribution in [0.5, 0.6) is 0 Å². The van der Waals surface area contributed by atoms with Gasteiger partial charge in [-0.25, -0.2) is 0 Å². The minimum Gasteiger partial charge on any atom is -0.462 e. The Hall–Kier alpha value is -3.15. The number of ether oxygens (including phenoxy) is 3. The Bertz CT molecular complexity index is 1070. The number of esters is 3. The zero-order valence-electron chi connectivity index (χ0n) is 35.7. The van der Waals surface area contributed by atoms with E-state index in [1.54, 1.807) is 0 Å². The lowest BCUT2D eigenvalue weighted by Crippen LogP contribution is -2.30. The molecule has 6 nitrogen and oxygen atoms in total. The second kappa shape index (κ2) is 43.6. The molecule has 0 N–H and O–H groups in total. The zero-order valence-corrected chi connectivity index (χ0v) is 35.7. The third-order valence-corrected chi connectivity index (χ3v) is 9.23. The first-order valence-corrected chi connectivity index (χ1v) is 22.4. The van der Waals surface area contributed by atoms with E-state index in [0.29, 0.717) is 19.3 Å². The van der Waals surface area contributed by atoms with Gasteiger partial charge in [-0.15, -0.1) is 0 Å². The Morgan fingerprint density at radius 1 is 0.382 bits per heavy atom. The summed E-state index contributed by atoms with van der Waals surface area (Å²) in [5.41, 5.74) is 0. The Morgan fingerprint density at radius 2 is 0.709 bits per heavy atom. The van der Waals surface area contributed by atoms with Crippen molar-refractivity contribution in [3.8, 4) is 0 Å². The van der Waals surface area contributed by atoms with Crippen molar-refractivity contribution in [3.63, 3.8) is 0 Å². The van der Waals surface area contributed by atoms with Crippen molar-refractivity contribution < 1.29 is 28.6 Å². The first-order chi connectivity index (χ1) is 27.0. The first kappa shape index (κ1) is 51.9. The third-order valence-electron chi connectivity index (χ3n) is 9.23. The Kier molecular flexibility index (Phi) is 41.1. The van der Waals surface area contributed by atoms with Crippen LogP contribution in [-0.2, 0) is 28.6 Å². The van der Waals surface area contributed by atoms with E-state index in [1.165, 1.54) is 51.4 Å². The van der Waals surface area contributed by atoms with Gasteiger partial charge in [0.05, 0.1) is 0 Å². The Labute approximate surface area is 338 Å². The third kappa shape index (κ3) is 41.8. The molecule has 0 rings (SSSR count). The molecule has 0 amide bonds. The Morgan fingerprint density at radius 3 is 1.11 bits per heavy atom. The molecule has 1 unspecified atom stereocenters. The summed E-state index contributed by atoms with van der Waals surface area (Å²) in [4.78, 5) is 37.4. The van der Waals surface area contributed by atoms with E-state index in [-0.39, 0.29) is 31.1 Å². The molecule has 0 saturated heterocycles. The van der Waals surface area contributed by atoms with Crippen LogP contribution in [0, 0.1) is 0 Å². The molecule has 314 valence electrons. The molecular formula is C49H82O6. The van der Waals surface area contributed by atoms with Crippen LogP contribution in [0.25, 0.3) is 0 Å². The van der Waals surface area contributed by atoms with E-state index in [9.17, 15) is 14.4 Å². The van der Waals surface area contributed by atoms with Crippen LogP contribution in [0.2, 0.25) is 0 Å². The molecule has 1 atom stereocenters. The summed E-state index contributed by atoms with van der Waals surface area (Å²) in [6.45, 7) is 6.39. The maximum absolute atomic E-state index is 12.6. The number of hydrogen-bond donors (Lipinski definition) is 0. The van der Waals surface area contributed by atoms with Crippen LogP contribution in [0.1, 0.15) is 201 Å². The smallest absolute Gasteiger partial charge is 0.306 e. The van der Waals surface area contributed by atoms with Crippen molar-refractivity contribution in [1.82, 2.24) is 0 Å². The summed E-state index contributed by atoms with van der Waals surface area (Å²) in [6, 6.07) is 0. The van der Waals surface area contributed by atoms with Gasteiger partial charge in [0.15, 0.2) is 6.10 Å². The van der Waals surface area contributed by atoms with E-state index in [0.717, 1.165) is 109 Å². The van der Waals surface area contributed by atoms with Crippen molar-refractivity contribution >= 4 is 17.9 Å². The Balaban J connectivity index is 4.21. The van der Waals surface area contributed by atoms with Crippen LogP contribution < -0.4 is 0 Å². The maximum atomic E-state index is 12.6. The van der Waals surface area contributed by atoms with Gasteiger partial charge in [-0.1, -0.05) is 184 Å². The van der Waals surface area contributed by atoms with E-state index >= 15 is 0 Å². The molecule has 0 radical (unpaired) electrons. The molecule has 0 bridgehead atoms. The molecular weight excluding hydrogens is 685 g/mol. The van der Waals surface area contributed by atoms with Gasteiger partial charge in [0.2, 0.25) is 0 Å². The molecule has 6 heteroatoms. The van der Waals surface area contributed by atoms with Crippen LogP contribution in [0.4, 0.5) is 0 Å². The highest BCUT2D eigenvalue weighted by Crippen LogP contribution is 2.12. The van der Waals surface area contributed by atoms with E-state index in [1.807, 2.05) is 0 Å². The predicted molar refractivity (Wildman–Crippen MR) is 233 cm³/mol. The fourth-order valence-electron chi connectivity index (χ4n) is 5.85. The van der Waals surface area contributed by atoms with Crippen LogP contribution in [0.15, 0.2) is 72.9 Å². The van der Waals surface area contributed by atoms with Crippen LogP contribution >= 0.6 is 0 Å². The van der Waals surface area contributed by atoms with E-state index < -0.39 is 6.10 Å². The van der Waals surface area contributed by atoms with Crippen molar-refractivity contribution in [2.45, 2.75) is 207 Å². The molecule has 0 spiro atoms. The molecule has 0 fully saturated rings. The maximum Gasteiger partial charge on any atom is 0.306 e. The fraction of sp³-hybridized carbons (Fsp3) is 0.694. The van der Waals surface area contributed by atoms with Crippen molar-refractivity contribution in [2.24, 2.45) is 0 Å². The molecule has 0 aromatic carbocycles. The monoisotopic (exact) mass is 767 g/mol. The average molecular weight is 767 g/mol. The summed E-state index contributed by atoms with van der Waals surface area (Å²) in [7, 11) is 0. The minimum atomic E-state index is -0.777. The normalized spacial score (nSPS) is 12.7. The van der Waals surface area contributed by atoms with Gasteiger partial charge in [0.25, 0.3) is 0 Å². The lowest BCUT2D eigenvalue weighted by atomic mass is 10.1. The van der Waals surface area contributed by atoms with Gasteiger partial charge >= 0.3 is 17.9 Å². The highest BCUT2D eigenvalue weighted by atomic mass is 16.6. The van der Waals surface area contributed by atoms with Gasteiger partial charge in [-0.3, -0.25) is 14.4 Å².